The summed E-state index contributed by atoms with van der Waals surface area (Å²) in [5.74, 6) is -3.72. The van der Waals surface area contributed by atoms with E-state index in [0.29, 0.717) is 5.75 Å². The Bertz CT molecular complexity index is 1190. The highest BCUT2D eigenvalue weighted by molar-refractivity contribution is 7.12. The van der Waals surface area contributed by atoms with Crippen LogP contribution in [0.15, 0.2) is 35.7 Å². The van der Waals surface area contributed by atoms with Gasteiger partial charge in [0.25, 0.3) is 5.91 Å². The number of ether oxygens (including phenoxy) is 2. The number of hydrogen-bond acceptors (Lipinski definition) is 10. The van der Waals surface area contributed by atoms with Gasteiger partial charge >= 0.3 is 11.9 Å². The average molecular weight is 581 g/mol. The minimum Gasteiger partial charge on any atom is -0.487 e. The van der Waals surface area contributed by atoms with Crippen LogP contribution in [0.25, 0.3) is 0 Å². The van der Waals surface area contributed by atoms with Gasteiger partial charge in [-0.15, -0.1) is 11.3 Å². The standard InChI is InChI=1S/C26H32N2O11S/c1-13-2-4-14(5-3-13)12-38-16-8-9-40-24(16)25(35)27-11-18-22(33)23(34)21(32)17(39-18)10-19(29)28-15(26(36)37)6-7-20(30)31/h2-5,8-9,15,17-18,21-23,32-34H,6-7,10-12H2,1H3,(H,27,35)(H,28,29)(H,30,31)(H,36,37)/t15-,17?,18?,21?,22?,23?/m0/s1. The van der Waals surface area contributed by atoms with Gasteiger partial charge in [0.1, 0.15) is 47.7 Å². The average Bonchev–Trinajstić information content (AvgIpc) is 3.38. The Morgan fingerprint density at radius 3 is 2.33 bits per heavy atom. The van der Waals surface area contributed by atoms with E-state index in [-0.39, 0.29) is 24.4 Å². The number of hydrogen-bond donors (Lipinski definition) is 7. The highest BCUT2D eigenvalue weighted by Gasteiger charge is 2.44. The SMILES string of the molecule is Cc1ccc(COc2ccsc2C(=O)NCC2OC(CC(=O)N[C@@H](CCC(=O)O)C(=O)O)C(O)C(O)C2O)cc1. The maximum absolute atomic E-state index is 12.8. The number of carbonyl (C=O) groups excluding carboxylic acids is 2. The molecule has 1 aromatic heterocycles. The third kappa shape index (κ3) is 8.47. The number of aliphatic hydroxyl groups is 3. The molecule has 5 unspecified atom stereocenters. The number of rotatable bonds is 13. The van der Waals surface area contributed by atoms with Gasteiger partial charge in [-0.05, 0) is 30.4 Å². The van der Waals surface area contributed by atoms with Gasteiger partial charge in [-0.2, -0.15) is 0 Å². The van der Waals surface area contributed by atoms with Gasteiger partial charge in [0.05, 0.1) is 12.5 Å². The summed E-state index contributed by atoms with van der Waals surface area (Å²) in [7, 11) is 0. The molecule has 7 N–H and O–H groups in total. The molecule has 0 spiro atoms. The lowest BCUT2D eigenvalue weighted by molar-refractivity contribution is -0.220. The predicted octanol–water partition coefficient (Wildman–Crippen LogP) is 0.0397. The van der Waals surface area contributed by atoms with E-state index in [1.165, 1.54) is 0 Å². The van der Waals surface area contributed by atoms with Crippen molar-refractivity contribution in [2.45, 2.75) is 69.4 Å². The van der Waals surface area contributed by atoms with Crippen molar-refractivity contribution in [1.82, 2.24) is 10.6 Å². The number of aliphatic carboxylic acids is 2. The normalized spacial score (nSPS) is 23.1. The molecule has 1 aromatic carbocycles. The van der Waals surface area contributed by atoms with Crippen LogP contribution < -0.4 is 15.4 Å². The van der Waals surface area contributed by atoms with Crippen LogP contribution in [0.2, 0.25) is 0 Å². The molecule has 14 heteroatoms. The highest BCUT2D eigenvalue weighted by atomic mass is 32.1. The quantitative estimate of drug-likeness (QED) is 0.168. The van der Waals surface area contributed by atoms with Gasteiger partial charge in [-0.1, -0.05) is 29.8 Å². The van der Waals surface area contributed by atoms with Crippen molar-refractivity contribution in [2.75, 3.05) is 6.54 Å². The second-order valence-electron chi connectivity index (χ2n) is 9.38. The lowest BCUT2D eigenvalue weighted by Gasteiger charge is -2.40. The fourth-order valence-electron chi connectivity index (χ4n) is 4.02. The number of carboxylic acid groups (broad SMARTS) is 2. The Morgan fingerprint density at radius 1 is 1.00 bits per heavy atom. The zero-order valence-corrected chi connectivity index (χ0v) is 22.4. The Balaban J connectivity index is 1.57. The number of amides is 2. The van der Waals surface area contributed by atoms with E-state index in [2.05, 4.69) is 10.6 Å². The molecule has 0 saturated carbocycles. The summed E-state index contributed by atoms with van der Waals surface area (Å²) >= 11 is 1.14. The van der Waals surface area contributed by atoms with Gasteiger partial charge in [-0.25, -0.2) is 4.79 Å². The number of nitrogens with one attached hydrogen (secondary N) is 2. The number of benzene rings is 1. The number of carboxylic acids is 2. The molecule has 1 saturated heterocycles. The fraction of sp³-hybridized carbons (Fsp3) is 0.462. The molecule has 40 heavy (non-hydrogen) atoms. The van der Waals surface area contributed by atoms with Crippen LogP contribution in [-0.4, -0.2) is 92.4 Å². The number of aliphatic hydroxyl groups excluding tert-OH is 3. The van der Waals surface area contributed by atoms with Gasteiger partial charge < -0.3 is 45.6 Å². The van der Waals surface area contributed by atoms with Crippen LogP contribution >= 0.6 is 11.3 Å². The molecule has 1 aliphatic rings. The van der Waals surface area contributed by atoms with E-state index in [9.17, 15) is 39.6 Å². The number of thiophene rings is 1. The zero-order valence-electron chi connectivity index (χ0n) is 21.6. The molecule has 1 aliphatic heterocycles. The molecule has 1 fully saturated rings. The monoisotopic (exact) mass is 580 g/mol. The van der Waals surface area contributed by atoms with E-state index < -0.39 is 73.2 Å². The number of aryl methyl sites for hydroxylation is 1. The van der Waals surface area contributed by atoms with Crippen LogP contribution in [-0.2, 0) is 25.7 Å². The van der Waals surface area contributed by atoms with Crippen molar-refractivity contribution in [3.05, 3.63) is 51.7 Å². The molecule has 13 nitrogen and oxygen atoms in total. The van der Waals surface area contributed by atoms with Crippen LogP contribution in [0.5, 0.6) is 5.75 Å². The van der Waals surface area contributed by atoms with E-state index >= 15 is 0 Å². The molecule has 6 atom stereocenters. The summed E-state index contributed by atoms with van der Waals surface area (Å²) in [5, 5.41) is 55.4. The van der Waals surface area contributed by atoms with Crippen molar-refractivity contribution in [3.63, 3.8) is 0 Å². The van der Waals surface area contributed by atoms with Gasteiger partial charge in [0, 0.05) is 13.0 Å². The predicted molar refractivity (Wildman–Crippen MR) is 140 cm³/mol. The highest BCUT2D eigenvalue weighted by Crippen LogP contribution is 2.27. The maximum atomic E-state index is 12.8. The van der Waals surface area contributed by atoms with Gasteiger partial charge in [-0.3, -0.25) is 14.4 Å². The Kier molecular flexibility index (Phi) is 11.0. The molecule has 2 heterocycles. The second-order valence-corrected chi connectivity index (χ2v) is 10.3. The van der Waals surface area contributed by atoms with Crippen LogP contribution in [0.1, 0.15) is 40.1 Å². The summed E-state index contributed by atoms with van der Waals surface area (Å²) in [5.41, 5.74) is 2.02. The third-order valence-electron chi connectivity index (χ3n) is 6.29. The molecular weight excluding hydrogens is 548 g/mol. The van der Waals surface area contributed by atoms with Crippen LogP contribution in [0, 0.1) is 6.92 Å². The topological polar surface area (TPSA) is 212 Å². The van der Waals surface area contributed by atoms with Crippen LogP contribution in [0.3, 0.4) is 0 Å². The molecule has 2 aromatic rings. The van der Waals surface area contributed by atoms with Crippen LogP contribution in [0.4, 0.5) is 0 Å². The lowest BCUT2D eigenvalue weighted by Crippen LogP contribution is -2.60. The molecule has 218 valence electrons. The Hall–Kier alpha value is -3.56. The largest absolute Gasteiger partial charge is 0.487 e. The van der Waals surface area contributed by atoms with Crippen molar-refractivity contribution in [3.8, 4) is 5.75 Å². The zero-order chi connectivity index (χ0) is 29.4. The van der Waals surface area contributed by atoms with Crippen molar-refractivity contribution >= 4 is 35.1 Å². The molecule has 0 aliphatic carbocycles. The van der Waals surface area contributed by atoms with E-state index in [4.69, 9.17) is 14.6 Å². The smallest absolute Gasteiger partial charge is 0.326 e. The molecule has 2 amide bonds. The van der Waals surface area contributed by atoms with E-state index in [0.717, 1.165) is 22.5 Å². The summed E-state index contributed by atoms with van der Waals surface area (Å²) < 4.78 is 11.4. The molecule has 3 rings (SSSR count). The van der Waals surface area contributed by atoms with Gasteiger partial charge in [0.2, 0.25) is 5.91 Å². The first-order valence-corrected chi connectivity index (χ1v) is 13.3. The maximum Gasteiger partial charge on any atom is 0.326 e. The summed E-state index contributed by atoms with van der Waals surface area (Å²) in [6.45, 7) is 1.93. The van der Waals surface area contributed by atoms with E-state index in [1.54, 1.807) is 11.4 Å². The van der Waals surface area contributed by atoms with Gasteiger partial charge in [0.15, 0.2) is 0 Å². The fourth-order valence-corrected chi connectivity index (χ4v) is 4.77. The Labute approximate surface area is 233 Å². The molecular formula is C26H32N2O11S. The number of carbonyl (C=O) groups is 4. The first-order chi connectivity index (χ1) is 19.0. The van der Waals surface area contributed by atoms with Crippen molar-refractivity contribution in [2.24, 2.45) is 0 Å². The van der Waals surface area contributed by atoms with Crippen molar-refractivity contribution in [1.29, 1.82) is 0 Å². The first-order valence-electron chi connectivity index (χ1n) is 12.4. The summed E-state index contributed by atoms with van der Waals surface area (Å²) in [6, 6.07) is 7.89. The third-order valence-corrected chi connectivity index (χ3v) is 7.19. The summed E-state index contributed by atoms with van der Waals surface area (Å²) in [4.78, 5) is 47.6. The first kappa shape index (κ1) is 31.0. The van der Waals surface area contributed by atoms with E-state index in [1.807, 2.05) is 31.2 Å². The Morgan fingerprint density at radius 2 is 1.68 bits per heavy atom. The summed E-state index contributed by atoms with van der Waals surface area (Å²) in [6.07, 6.45) is -9.00. The second kappa shape index (κ2) is 14.2. The van der Waals surface area contributed by atoms with Crippen molar-refractivity contribution < 1.29 is 54.2 Å². The minimum atomic E-state index is -1.72. The minimum absolute atomic E-state index is 0.245. The molecule has 0 bridgehead atoms. The lowest BCUT2D eigenvalue weighted by atomic mass is 9.93. The molecule has 0 radical (unpaired) electrons.